The first kappa shape index (κ1) is 17.3. The first-order chi connectivity index (χ1) is 13.1. The molecule has 4 rings (SSSR count). The van der Waals surface area contributed by atoms with Gasteiger partial charge in [0.15, 0.2) is 0 Å². The molecule has 1 saturated heterocycles. The molecule has 0 aliphatic carbocycles. The summed E-state index contributed by atoms with van der Waals surface area (Å²) in [7, 11) is 0. The molecule has 1 aliphatic heterocycles. The van der Waals surface area contributed by atoms with Crippen molar-refractivity contribution in [2.45, 2.75) is 19.9 Å². The Morgan fingerprint density at radius 2 is 1.56 bits per heavy atom. The third kappa shape index (κ3) is 3.56. The van der Waals surface area contributed by atoms with E-state index in [9.17, 15) is 4.79 Å². The van der Waals surface area contributed by atoms with E-state index < -0.39 is 0 Å². The molecular formula is C21H23N5O. The molecule has 6 nitrogen and oxygen atoms in total. The number of benzene rings is 2. The summed E-state index contributed by atoms with van der Waals surface area (Å²) in [6, 6.07) is 16.3. The van der Waals surface area contributed by atoms with Gasteiger partial charge >= 0.3 is 0 Å². The average Bonchev–Trinajstić information content (AvgIpc) is 3.23. The SMILES string of the molecule is Cc1ccc(N2CCN(C(=O)c3ccc(-n4cnnc4)cc3)C(C)C2)cc1. The highest BCUT2D eigenvalue weighted by molar-refractivity contribution is 5.94. The highest BCUT2D eigenvalue weighted by Crippen LogP contribution is 2.21. The van der Waals surface area contributed by atoms with E-state index in [4.69, 9.17) is 0 Å². The molecule has 1 unspecified atom stereocenters. The van der Waals surface area contributed by atoms with Crippen molar-refractivity contribution in [3.63, 3.8) is 0 Å². The van der Waals surface area contributed by atoms with Gasteiger partial charge in [-0.2, -0.15) is 0 Å². The number of aromatic nitrogens is 3. The lowest BCUT2D eigenvalue weighted by atomic mass is 10.1. The normalized spacial score (nSPS) is 17.2. The summed E-state index contributed by atoms with van der Waals surface area (Å²) < 4.78 is 1.82. The quantitative estimate of drug-likeness (QED) is 0.720. The van der Waals surface area contributed by atoms with Gasteiger partial charge in [0.1, 0.15) is 12.7 Å². The molecule has 0 bridgehead atoms. The zero-order valence-corrected chi connectivity index (χ0v) is 15.6. The molecule has 1 fully saturated rings. The summed E-state index contributed by atoms with van der Waals surface area (Å²) in [5.41, 5.74) is 4.13. The minimum Gasteiger partial charge on any atom is -0.368 e. The minimum atomic E-state index is 0.0846. The first-order valence-electron chi connectivity index (χ1n) is 9.19. The Morgan fingerprint density at radius 3 is 2.19 bits per heavy atom. The zero-order chi connectivity index (χ0) is 18.8. The number of rotatable bonds is 3. The van der Waals surface area contributed by atoms with Crippen molar-refractivity contribution < 1.29 is 4.79 Å². The molecule has 0 spiro atoms. The van der Waals surface area contributed by atoms with Crippen LogP contribution in [0.15, 0.2) is 61.2 Å². The van der Waals surface area contributed by atoms with Crippen molar-refractivity contribution in [2.24, 2.45) is 0 Å². The molecule has 2 aromatic carbocycles. The number of amides is 1. The van der Waals surface area contributed by atoms with Crippen LogP contribution < -0.4 is 4.90 Å². The summed E-state index contributed by atoms with van der Waals surface area (Å²) in [6.07, 6.45) is 3.28. The number of hydrogen-bond acceptors (Lipinski definition) is 4. The second kappa shape index (κ2) is 7.23. The molecule has 1 amide bonds. The van der Waals surface area contributed by atoms with Gasteiger partial charge < -0.3 is 9.80 Å². The van der Waals surface area contributed by atoms with Crippen LogP contribution in [0.3, 0.4) is 0 Å². The highest BCUT2D eigenvalue weighted by atomic mass is 16.2. The lowest BCUT2D eigenvalue weighted by Crippen LogP contribution is -2.54. The van der Waals surface area contributed by atoms with Gasteiger partial charge in [0.2, 0.25) is 0 Å². The summed E-state index contributed by atoms with van der Waals surface area (Å²) >= 11 is 0. The van der Waals surface area contributed by atoms with Crippen LogP contribution in [0.4, 0.5) is 5.69 Å². The second-order valence-corrected chi connectivity index (χ2v) is 7.05. The second-order valence-electron chi connectivity index (χ2n) is 7.05. The van der Waals surface area contributed by atoms with Crippen LogP contribution in [0.2, 0.25) is 0 Å². The maximum Gasteiger partial charge on any atom is 0.254 e. The van der Waals surface area contributed by atoms with Crippen molar-refractivity contribution in [1.29, 1.82) is 0 Å². The predicted molar refractivity (Wildman–Crippen MR) is 105 cm³/mol. The number of carbonyl (C=O) groups is 1. The fourth-order valence-electron chi connectivity index (χ4n) is 3.53. The van der Waals surface area contributed by atoms with Gasteiger partial charge in [-0.1, -0.05) is 17.7 Å². The Morgan fingerprint density at radius 1 is 0.926 bits per heavy atom. The standard InChI is InChI=1S/C21H23N5O/c1-16-3-7-19(8-4-16)24-11-12-26(17(2)13-24)21(27)18-5-9-20(10-6-18)25-14-22-23-15-25/h3-10,14-15,17H,11-13H2,1-2H3. The summed E-state index contributed by atoms with van der Waals surface area (Å²) in [5.74, 6) is 0.0846. The average molecular weight is 361 g/mol. The van der Waals surface area contributed by atoms with Crippen molar-refractivity contribution >= 4 is 11.6 Å². The van der Waals surface area contributed by atoms with Gasteiger partial charge in [-0.25, -0.2) is 0 Å². The van der Waals surface area contributed by atoms with Crippen LogP contribution >= 0.6 is 0 Å². The van der Waals surface area contributed by atoms with E-state index in [2.05, 4.69) is 53.2 Å². The van der Waals surface area contributed by atoms with Crippen LogP contribution in [0.25, 0.3) is 5.69 Å². The summed E-state index contributed by atoms with van der Waals surface area (Å²) in [4.78, 5) is 17.3. The van der Waals surface area contributed by atoms with E-state index in [0.29, 0.717) is 5.56 Å². The number of hydrogen-bond donors (Lipinski definition) is 0. The van der Waals surface area contributed by atoms with E-state index in [1.165, 1.54) is 11.3 Å². The Kier molecular flexibility index (Phi) is 4.62. The highest BCUT2D eigenvalue weighted by Gasteiger charge is 2.28. The van der Waals surface area contributed by atoms with E-state index >= 15 is 0 Å². The minimum absolute atomic E-state index is 0.0846. The van der Waals surface area contributed by atoms with Crippen LogP contribution in [-0.4, -0.2) is 51.2 Å². The van der Waals surface area contributed by atoms with Gasteiger partial charge in [0.05, 0.1) is 0 Å². The van der Waals surface area contributed by atoms with Crippen molar-refractivity contribution in [2.75, 3.05) is 24.5 Å². The summed E-state index contributed by atoms with van der Waals surface area (Å²) in [6.45, 7) is 6.62. The van der Waals surface area contributed by atoms with Crippen molar-refractivity contribution in [3.05, 3.63) is 72.3 Å². The maximum atomic E-state index is 13.0. The number of anilines is 1. The third-order valence-electron chi connectivity index (χ3n) is 5.12. The number of piperazine rings is 1. The Balaban J connectivity index is 1.44. The lowest BCUT2D eigenvalue weighted by molar-refractivity contribution is 0.0674. The van der Waals surface area contributed by atoms with Gasteiger partial charge in [-0.05, 0) is 50.2 Å². The molecule has 6 heteroatoms. The molecule has 1 aliphatic rings. The van der Waals surface area contributed by atoms with Crippen LogP contribution in [0.5, 0.6) is 0 Å². The molecule has 2 heterocycles. The molecule has 1 aromatic heterocycles. The van der Waals surface area contributed by atoms with Gasteiger partial charge in [-0.15, -0.1) is 10.2 Å². The Labute approximate surface area is 159 Å². The lowest BCUT2D eigenvalue weighted by Gasteiger charge is -2.41. The molecule has 0 radical (unpaired) electrons. The van der Waals surface area contributed by atoms with Crippen LogP contribution in [0, 0.1) is 6.92 Å². The molecule has 27 heavy (non-hydrogen) atoms. The first-order valence-corrected chi connectivity index (χ1v) is 9.19. The third-order valence-corrected chi connectivity index (χ3v) is 5.12. The van der Waals surface area contributed by atoms with Crippen molar-refractivity contribution in [1.82, 2.24) is 19.7 Å². The molecular weight excluding hydrogens is 338 g/mol. The number of carbonyl (C=O) groups excluding carboxylic acids is 1. The number of nitrogens with zero attached hydrogens (tertiary/aromatic N) is 5. The zero-order valence-electron chi connectivity index (χ0n) is 15.6. The van der Waals surface area contributed by atoms with Gasteiger partial charge in [-0.3, -0.25) is 9.36 Å². The smallest absolute Gasteiger partial charge is 0.254 e. The van der Waals surface area contributed by atoms with E-state index in [0.717, 1.165) is 25.3 Å². The predicted octanol–water partition coefficient (Wildman–Crippen LogP) is 2.93. The molecule has 3 aromatic rings. The fraction of sp³-hybridized carbons (Fsp3) is 0.286. The van der Waals surface area contributed by atoms with Crippen LogP contribution in [0.1, 0.15) is 22.8 Å². The Hall–Kier alpha value is -3.15. The topological polar surface area (TPSA) is 54.3 Å². The van der Waals surface area contributed by atoms with Gasteiger partial charge in [0.25, 0.3) is 5.91 Å². The molecule has 0 N–H and O–H groups in total. The van der Waals surface area contributed by atoms with Gasteiger partial charge in [0, 0.05) is 42.6 Å². The number of aryl methyl sites for hydroxylation is 1. The van der Waals surface area contributed by atoms with E-state index in [-0.39, 0.29) is 11.9 Å². The van der Waals surface area contributed by atoms with E-state index in [1.54, 1.807) is 12.7 Å². The molecule has 0 saturated carbocycles. The van der Waals surface area contributed by atoms with Crippen LogP contribution in [-0.2, 0) is 0 Å². The molecule has 1 atom stereocenters. The summed E-state index contributed by atoms with van der Waals surface area (Å²) in [5, 5.41) is 7.62. The van der Waals surface area contributed by atoms with E-state index in [1.807, 2.05) is 33.7 Å². The monoisotopic (exact) mass is 361 g/mol. The Bertz CT molecular complexity index is 903. The fourth-order valence-corrected chi connectivity index (χ4v) is 3.53. The largest absolute Gasteiger partial charge is 0.368 e. The van der Waals surface area contributed by atoms with Crippen molar-refractivity contribution in [3.8, 4) is 5.69 Å². The molecule has 138 valence electrons. The maximum absolute atomic E-state index is 13.0.